The molecule has 0 bridgehead atoms. The molecule has 0 rings (SSSR count). The summed E-state index contributed by atoms with van der Waals surface area (Å²) in [6.07, 6.45) is 5.35. The van der Waals surface area contributed by atoms with Crippen molar-refractivity contribution in [3.8, 4) is 12.3 Å². The van der Waals surface area contributed by atoms with Crippen LogP contribution in [0.15, 0.2) is 0 Å². The number of carboxylic acid groups (broad SMARTS) is 1. The van der Waals surface area contributed by atoms with Gasteiger partial charge >= 0.3 is 5.97 Å². The number of aliphatic carboxylic acids is 1. The van der Waals surface area contributed by atoms with E-state index in [0.29, 0.717) is 13.0 Å². The molecule has 0 unspecified atom stereocenters. The lowest BCUT2D eigenvalue weighted by Crippen LogP contribution is -2.34. The molecule has 0 spiro atoms. The molecule has 0 aromatic carbocycles. The van der Waals surface area contributed by atoms with Gasteiger partial charge in [0, 0.05) is 19.9 Å². The molecule has 0 aliphatic heterocycles. The zero-order chi connectivity index (χ0) is 9.56. The minimum Gasteiger partial charge on any atom is -0.480 e. The first-order valence-corrected chi connectivity index (χ1v) is 3.48. The Bertz CT molecular complexity index is 217. The number of carbonyl (C=O) groups is 2. The summed E-state index contributed by atoms with van der Waals surface area (Å²) in [6.45, 7) is 1.34. The van der Waals surface area contributed by atoms with Gasteiger partial charge in [-0.05, 0) is 0 Å². The summed E-state index contributed by atoms with van der Waals surface area (Å²) in [6, 6.07) is 0. The monoisotopic (exact) mass is 169 g/mol. The zero-order valence-corrected chi connectivity index (χ0v) is 6.91. The Hall–Kier alpha value is -1.50. The Morgan fingerprint density at radius 1 is 1.58 bits per heavy atom. The van der Waals surface area contributed by atoms with Gasteiger partial charge in [0.1, 0.15) is 6.54 Å². The number of carbonyl (C=O) groups excluding carboxylic acids is 1. The van der Waals surface area contributed by atoms with Crippen molar-refractivity contribution in [2.75, 3.05) is 13.1 Å². The van der Waals surface area contributed by atoms with Crippen molar-refractivity contribution in [1.29, 1.82) is 0 Å². The van der Waals surface area contributed by atoms with Crippen molar-refractivity contribution in [2.45, 2.75) is 13.3 Å². The second kappa shape index (κ2) is 5.19. The van der Waals surface area contributed by atoms with E-state index in [1.54, 1.807) is 0 Å². The Morgan fingerprint density at radius 3 is 2.50 bits per heavy atom. The smallest absolute Gasteiger partial charge is 0.323 e. The third-order valence-electron chi connectivity index (χ3n) is 1.30. The first-order chi connectivity index (χ1) is 5.57. The highest BCUT2D eigenvalue weighted by molar-refractivity contribution is 5.79. The van der Waals surface area contributed by atoms with E-state index in [1.807, 2.05) is 0 Å². The van der Waals surface area contributed by atoms with Gasteiger partial charge in [0.25, 0.3) is 0 Å². The number of nitrogens with zero attached hydrogens (tertiary/aromatic N) is 1. The van der Waals surface area contributed by atoms with Crippen LogP contribution in [0.2, 0.25) is 0 Å². The number of rotatable bonds is 4. The van der Waals surface area contributed by atoms with Gasteiger partial charge in [0.05, 0.1) is 0 Å². The molecule has 0 fully saturated rings. The fraction of sp³-hybridized carbons (Fsp3) is 0.500. The van der Waals surface area contributed by atoms with E-state index in [4.69, 9.17) is 11.5 Å². The van der Waals surface area contributed by atoms with Crippen LogP contribution in [0.25, 0.3) is 0 Å². The molecule has 12 heavy (non-hydrogen) atoms. The summed E-state index contributed by atoms with van der Waals surface area (Å²) in [5.41, 5.74) is 0. The molecule has 1 amide bonds. The van der Waals surface area contributed by atoms with E-state index >= 15 is 0 Å². The van der Waals surface area contributed by atoms with Gasteiger partial charge in [0.2, 0.25) is 5.91 Å². The van der Waals surface area contributed by atoms with E-state index in [-0.39, 0.29) is 12.5 Å². The maximum atomic E-state index is 10.8. The molecule has 0 aliphatic carbocycles. The molecule has 0 aromatic heterocycles. The summed E-state index contributed by atoms with van der Waals surface area (Å²) in [5.74, 6) is 1.04. The van der Waals surface area contributed by atoms with E-state index in [1.165, 1.54) is 11.8 Å². The van der Waals surface area contributed by atoms with Gasteiger partial charge in [-0.25, -0.2) is 0 Å². The standard InChI is InChI=1S/C8H11NO3/c1-3-4-5-9(7(2)10)6-8(11)12/h1H,4-6H2,2H3,(H,11,12). The Kier molecular flexibility index (Phi) is 4.54. The zero-order valence-electron chi connectivity index (χ0n) is 6.91. The van der Waals surface area contributed by atoms with Crippen LogP contribution in [0.4, 0.5) is 0 Å². The van der Waals surface area contributed by atoms with Crippen LogP contribution in [0.5, 0.6) is 0 Å². The number of carboxylic acids is 1. The molecule has 1 N–H and O–H groups in total. The largest absolute Gasteiger partial charge is 0.480 e. The third-order valence-corrected chi connectivity index (χ3v) is 1.30. The number of terminal acetylenes is 1. The molecule has 0 aliphatic rings. The molecule has 0 radical (unpaired) electrons. The van der Waals surface area contributed by atoms with Crippen molar-refractivity contribution in [3.05, 3.63) is 0 Å². The molecule has 0 aromatic rings. The van der Waals surface area contributed by atoms with Crippen molar-refractivity contribution in [2.24, 2.45) is 0 Å². The van der Waals surface area contributed by atoms with Crippen LogP contribution in [0.3, 0.4) is 0 Å². The fourth-order valence-electron chi connectivity index (χ4n) is 0.711. The van der Waals surface area contributed by atoms with Crippen LogP contribution >= 0.6 is 0 Å². The highest BCUT2D eigenvalue weighted by Crippen LogP contribution is 1.91. The summed E-state index contributed by atoms with van der Waals surface area (Å²) in [4.78, 5) is 22.2. The van der Waals surface area contributed by atoms with Crippen molar-refractivity contribution >= 4 is 11.9 Å². The molecule has 0 atom stereocenters. The fourth-order valence-corrected chi connectivity index (χ4v) is 0.711. The van der Waals surface area contributed by atoms with Crippen molar-refractivity contribution in [1.82, 2.24) is 4.90 Å². The van der Waals surface area contributed by atoms with E-state index in [2.05, 4.69) is 5.92 Å². The van der Waals surface area contributed by atoms with Crippen LogP contribution in [-0.2, 0) is 9.59 Å². The molecular formula is C8H11NO3. The SMILES string of the molecule is C#CCCN(CC(=O)O)C(C)=O. The Morgan fingerprint density at radius 2 is 2.17 bits per heavy atom. The highest BCUT2D eigenvalue weighted by Gasteiger charge is 2.10. The molecule has 4 nitrogen and oxygen atoms in total. The minimum atomic E-state index is -1.03. The first-order valence-electron chi connectivity index (χ1n) is 3.48. The number of hydrogen-bond donors (Lipinski definition) is 1. The minimum absolute atomic E-state index is 0.271. The predicted octanol–water partition coefficient (Wildman–Crippen LogP) is -0.0572. The molecular weight excluding hydrogens is 158 g/mol. The molecule has 0 heterocycles. The lowest BCUT2D eigenvalue weighted by molar-refractivity contribution is -0.143. The topological polar surface area (TPSA) is 57.6 Å². The molecule has 0 saturated carbocycles. The van der Waals surface area contributed by atoms with Gasteiger partial charge in [-0.3, -0.25) is 9.59 Å². The first kappa shape index (κ1) is 10.5. The van der Waals surface area contributed by atoms with Crippen LogP contribution in [-0.4, -0.2) is 35.0 Å². The van der Waals surface area contributed by atoms with Gasteiger partial charge in [-0.15, -0.1) is 12.3 Å². The summed E-state index contributed by atoms with van der Waals surface area (Å²) >= 11 is 0. The third kappa shape index (κ3) is 4.34. The highest BCUT2D eigenvalue weighted by atomic mass is 16.4. The number of hydrogen-bond acceptors (Lipinski definition) is 2. The van der Waals surface area contributed by atoms with Crippen molar-refractivity contribution in [3.63, 3.8) is 0 Å². The Labute approximate surface area is 71.2 Å². The predicted molar refractivity (Wildman–Crippen MR) is 43.3 cm³/mol. The van der Waals surface area contributed by atoms with Gasteiger partial charge < -0.3 is 10.0 Å². The van der Waals surface area contributed by atoms with Crippen LogP contribution in [0, 0.1) is 12.3 Å². The quantitative estimate of drug-likeness (QED) is 0.600. The van der Waals surface area contributed by atoms with E-state index < -0.39 is 5.97 Å². The van der Waals surface area contributed by atoms with Crippen LogP contribution < -0.4 is 0 Å². The summed E-state index contributed by atoms with van der Waals surface area (Å²) in [5, 5.41) is 8.39. The molecule has 0 saturated heterocycles. The second-order valence-electron chi connectivity index (χ2n) is 2.29. The lowest BCUT2D eigenvalue weighted by atomic mass is 10.4. The molecule has 66 valence electrons. The average molecular weight is 169 g/mol. The van der Waals surface area contributed by atoms with E-state index in [9.17, 15) is 9.59 Å². The average Bonchev–Trinajstić information content (AvgIpc) is 1.96. The van der Waals surface area contributed by atoms with Gasteiger partial charge in [-0.1, -0.05) is 0 Å². The summed E-state index contributed by atoms with van der Waals surface area (Å²) < 4.78 is 0. The maximum absolute atomic E-state index is 10.8. The Balaban J connectivity index is 3.97. The lowest BCUT2D eigenvalue weighted by Gasteiger charge is -2.16. The maximum Gasteiger partial charge on any atom is 0.323 e. The summed E-state index contributed by atoms with van der Waals surface area (Å²) in [7, 11) is 0. The normalized spacial score (nSPS) is 8.67. The van der Waals surface area contributed by atoms with Gasteiger partial charge in [0.15, 0.2) is 0 Å². The van der Waals surface area contributed by atoms with Gasteiger partial charge in [-0.2, -0.15) is 0 Å². The molecule has 4 heteroatoms. The number of amides is 1. The second-order valence-corrected chi connectivity index (χ2v) is 2.29. The van der Waals surface area contributed by atoms with Crippen molar-refractivity contribution < 1.29 is 14.7 Å². The van der Waals surface area contributed by atoms with Crippen LogP contribution in [0.1, 0.15) is 13.3 Å². The van der Waals surface area contributed by atoms with E-state index in [0.717, 1.165) is 0 Å².